The van der Waals surface area contributed by atoms with Crippen molar-refractivity contribution in [2.75, 3.05) is 7.11 Å². The van der Waals surface area contributed by atoms with E-state index in [4.69, 9.17) is 4.74 Å². The van der Waals surface area contributed by atoms with Crippen LogP contribution >= 0.6 is 0 Å². The standard InChI is InChI=1S/C8H16O/c1-5-6-7(2)8(3)9-4/h7H,3,5-6H2,1-2,4H3. The molecule has 0 aromatic carbocycles. The van der Waals surface area contributed by atoms with Gasteiger partial charge in [-0.25, -0.2) is 0 Å². The molecule has 0 heterocycles. The number of rotatable bonds is 4. The van der Waals surface area contributed by atoms with E-state index in [-0.39, 0.29) is 0 Å². The second kappa shape index (κ2) is 4.42. The molecule has 0 amide bonds. The van der Waals surface area contributed by atoms with Gasteiger partial charge in [-0.1, -0.05) is 26.8 Å². The maximum Gasteiger partial charge on any atom is 0.0911 e. The van der Waals surface area contributed by atoms with Gasteiger partial charge in [-0.3, -0.25) is 0 Å². The number of hydrogen-bond acceptors (Lipinski definition) is 1. The summed E-state index contributed by atoms with van der Waals surface area (Å²) in [7, 11) is 1.68. The predicted octanol–water partition coefficient (Wildman–Crippen LogP) is 2.58. The molecule has 0 N–H and O–H groups in total. The molecular weight excluding hydrogens is 112 g/mol. The summed E-state index contributed by atoms with van der Waals surface area (Å²) in [6.07, 6.45) is 2.37. The lowest BCUT2D eigenvalue weighted by Crippen LogP contribution is -1.98. The van der Waals surface area contributed by atoms with Crippen molar-refractivity contribution >= 4 is 0 Å². The van der Waals surface area contributed by atoms with Crippen molar-refractivity contribution in [3.8, 4) is 0 Å². The molecule has 9 heavy (non-hydrogen) atoms. The molecule has 1 atom stereocenters. The van der Waals surface area contributed by atoms with Crippen LogP contribution in [0.25, 0.3) is 0 Å². The van der Waals surface area contributed by atoms with Gasteiger partial charge in [0.15, 0.2) is 0 Å². The molecule has 0 saturated carbocycles. The van der Waals surface area contributed by atoms with Crippen molar-refractivity contribution in [2.45, 2.75) is 26.7 Å². The molecule has 0 saturated heterocycles. The van der Waals surface area contributed by atoms with Gasteiger partial charge in [-0.15, -0.1) is 0 Å². The fraction of sp³-hybridized carbons (Fsp3) is 0.750. The Labute approximate surface area is 57.7 Å². The van der Waals surface area contributed by atoms with Gasteiger partial charge in [0, 0.05) is 5.92 Å². The van der Waals surface area contributed by atoms with Crippen LogP contribution < -0.4 is 0 Å². The van der Waals surface area contributed by atoms with Gasteiger partial charge < -0.3 is 4.74 Å². The monoisotopic (exact) mass is 128 g/mol. The fourth-order valence-corrected chi connectivity index (χ4v) is 0.795. The minimum atomic E-state index is 0.514. The van der Waals surface area contributed by atoms with E-state index in [1.165, 1.54) is 12.8 Å². The van der Waals surface area contributed by atoms with E-state index in [0.717, 1.165) is 5.76 Å². The topological polar surface area (TPSA) is 9.23 Å². The van der Waals surface area contributed by atoms with Gasteiger partial charge in [0.05, 0.1) is 12.9 Å². The van der Waals surface area contributed by atoms with Crippen LogP contribution in [-0.4, -0.2) is 7.11 Å². The lowest BCUT2D eigenvalue weighted by molar-refractivity contribution is 0.244. The van der Waals surface area contributed by atoms with Crippen molar-refractivity contribution < 1.29 is 4.74 Å². The SMILES string of the molecule is C=C(OC)C(C)CCC. The third kappa shape index (κ3) is 3.17. The minimum Gasteiger partial charge on any atom is -0.501 e. The zero-order chi connectivity index (χ0) is 7.28. The summed E-state index contributed by atoms with van der Waals surface area (Å²) in [6, 6.07) is 0. The Morgan fingerprint density at radius 2 is 2.22 bits per heavy atom. The van der Waals surface area contributed by atoms with Gasteiger partial charge in [0.25, 0.3) is 0 Å². The van der Waals surface area contributed by atoms with E-state index < -0.39 is 0 Å². The molecule has 0 aliphatic heterocycles. The smallest absolute Gasteiger partial charge is 0.0911 e. The van der Waals surface area contributed by atoms with Crippen molar-refractivity contribution in [1.82, 2.24) is 0 Å². The number of ether oxygens (including phenoxy) is 1. The number of hydrogen-bond donors (Lipinski definition) is 0. The van der Waals surface area contributed by atoms with E-state index in [9.17, 15) is 0 Å². The third-order valence-corrected chi connectivity index (χ3v) is 1.53. The van der Waals surface area contributed by atoms with Gasteiger partial charge in [-0.05, 0) is 6.42 Å². The molecular formula is C8H16O. The normalized spacial score (nSPS) is 12.8. The van der Waals surface area contributed by atoms with Crippen molar-refractivity contribution in [2.24, 2.45) is 5.92 Å². The molecule has 0 aromatic heterocycles. The predicted molar refractivity (Wildman–Crippen MR) is 40.2 cm³/mol. The highest BCUT2D eigenvalue weighted by atomic mass is 16.5. The molecule has 0 aromatic rings. The lowest BCUT2D eigenvalue weighted by atomic mass is 10.1. The highest BCUT2D eigenvalue weighted by molar-refractivity contribution is 4.87. The third-order valence-electron chi connectivity index (χ3n) is 1.53. The van der Waals surface area contributed by atoms with Crippen LogP contribution in [0.3, 0.4) is 0 Å². The largest absolute Gasteiger partial charge is 0.501 e. The first-order valence-electron chi connectivity index (χ1n) is 3.45. The molecule has 1 heteroatoms. The molecule has 0 fully saturated rings. The molecule has 1 nitrogen and oxygen atoms in total. The lowest BCUT2D eigenvalue weighted by Gasteiger charge is -2.10. The second-order valence-electron chi connectivity index (χ2n) is 2.36. The Hall–Kier alpha value is -0.460. The second-order valence-corrected chi connectivity index (χ2v) is 2.36. The molecule has 0 radical (unpaired) electrons. The van der Waals surface area contributed by atoms with E-state index in [2.05, 4.69) is 20.4 Å². The van der Waals surface area contributed by atoms with Crippen LogP contribution in [0.1, 0.15) is 26.7 Å². The zero-order valence-electron chi connectivity index (χ0n) is 6.61. The Morgan fingerprint density at radius 1 is 1.67 bits per heavy atom. The van der Waals surface area contributed by atoms with Crippen LogP contribution in [0.4, 0.5) is 0 Å². The maximum atomic E-state index is 4.97. The Morgan fingerprint density at radius 3 is 2.56 bits per heavy atom. The first kappa shape index (κ1) is 8.54. The Bertz CT molecular complexity index is 86.6. The zero-order valence-corrected chi connectivity index (χ0v) is 6.61. The van der Waals surface area contributed by atoms with Crippen LogP contribution in [0.5, 0.6) is 0 Å². The average molecular weight is 128 g/mol. The summed E-state index contributed by atoms with van der Waals surface area (Å²) in [5.41, 5.74) is 0. The van der Waals surface area contributed by atoms with Crippen molar-refractivity contribution in [3.63, 3.8) is 0 Å². The summed E-state index contributed by atoms with van der Waals surface area (Å²) in [4.78, 5) is 0. The number of allylic oxidation sites excluding steroid dienone is 1. The first-order valence-corrected chi connectivity index (χ1v) is 3.45. The molecule has 0 aliphatic rings. The van der Waals surface area contributed by atoms with Crippen LogP contribution in [0, 0.1) is 5.92 Å². The van der Waals surface area contributed by atoms with Crippen molar-refractivity contribution in [3.05, 3.63) is 12.3 Å². The summed E-state index contributed by atoms with van der Waals surface area (Å²) in [5, 5.41) is 0. The van der Waals surface area contributed by atoms with Crippen LogP contribution in [0.2, 0.25) is 0 Å². The van der Waals surface area contributed by atoms with E-state index in [1.54, 1.807) is 7.11 Å². The van der Waals surface area contributed by atoms with Gasteiger partial charge in [-0.2, -0.15) is 0 Å². The summed E-state index contributed by atoms with van der Waals surface area (Å²) in [6.45, 7) is 8.07. The molecule has 54 valence electrons. The quantitative estimate of drug-likeness (QED) is 0.529. The van der Waals surface area contributed by atoms with Gasteiger partial charge >= 0.3 is 0 Å². The first-order chi connectivity index (χ1) is 4.22. The number of methoxy groups -OCH3 is 1. The van der Waals surface area contributed by atoms with Gasteiger partial charge in [0.2, 0.25) is 0 Å². The molecule has 0 bridgehead atoms. The molecule has 0 spiro atoms. The van der Waals surface area contributed by atoms with E-state index >= 15 is 0 Å². The van der Waals surface area contributed by atoms with E-state index in [0.29, 0.717) is 5.92 Å². The van der Waals surface area contributed by atoms with Crippen LogP contribution in [0.15, 0.2) is 12.3 Å². The van der Waals surface area contributed by atoms with Crippen molar-refractivity contribution in [1.29, 1.82) is 0 Å². The Kier molecular flexibility index (Phi) is 4.20. The summed E-state index contributed by atoms with van der Waals surface area (Å²) >= 11 is 0. The fourth-order valence-electron chi connectivity index (χ4n) is 0.795. The highest BCUT2D eigenvalue weighted by Crippen LogP contribution is 2.13. The molecule has 0 rings (SSSR count). The van der Waals surface area contributed by atoms with Crippen LogP contribution in [-0.2, 0) is 4.74 Å². The summed E-state index contributed by atoms with van der Waals surface area (Å²) in [5.74, 6) is 1.41. The maximum absolute atomic E-state index is 4.97. The molecule has 1 unspecified atom stereocenters. The van der Waals surface area contributed by atoms with E-state index in [1.807, 2.05) is 0 Å². The highest BCUT2D eigenvalue weighted by Gasteiger charge is 2.03. The minimum absolute atomic E-state index is 0.514. The molecule has 0 aliphatic carbocycles. The Balaban J connectivity index is 3.45. The average Bonchev–Trinajstić information content (AvgIpc) is 1.87. The van der Waals surface area contributed by atoms with Gasteiger partial charge in [0.1, 0.15) is 0 Å². The summed E-state index contributed by atoms with van der Waals surface area (Å²) < 4.78 is 4.97.